The van der Waals surface area contributed by atoms with Crippen LogP contribution < -0.4 is 10.5 Å². The Balaban J connectivity index is 2.23. The molecule has 18 heavy (non-hydrogen) atoms. The molecule has 0 atom stereocenters. The van der Waals surface area contributed by atoms with Gasteiger partial charge in [0.05, 0.1) is 6.61 Å². The predicted octanol–water partition coefficient (Wildman–Crippen LogP) is 2.41. The maximum atomic E-state index is 7.34. The van der Waals surface area contributed by atoms with Gasteiger partial charge in [-0.1, -0.05) is 26.0 Å². The van der Waals surface area contributed by atoms with Crippen LogP contribution in [0.1, 0.15) is 25.8 Å². The quantitative estimate of drug-likeness (QED) is 0.423. The Hall–Kier alpha value is -1.55. The van der Waals surface area contributed by atoms with Crippen LogP contribution in [0, 0.1) is 11.3 Å². The van der Waals surface area contributed by atoms with Gasteiger partial charge in [0.25, 0.3) is 0 Å². The first-order chi connectivity index (χ1) is 8.59. The third kappa shape index (κ3) is 5.68. The second-order valence-electron chi connectivity index (χ2n) is 4.58. The van der Waals surface area contributed by atoms with Crippen LogP contribution in [0.2, 0.25) is 0 Å². The summed E-state index contributed by atoms with van der Waals surface area (Å²) in [5.41, 5.74) is 6.08. The largest absolute Gasteiger partial charge is 0.491 e. The van der Waals surface area contributed by atoms with Crippen molar-refractivity contribution in [3.8, 4) is 5.75 Å². The van der Waals surface area contributed by atoms with Crippen LogP contribution >= 0.6 is 0 Å². The standard InChI is InChI=1S/C14H22N2O2/c1-11(2)6-7-17-8-9-18-13-5-3-4-12(10-13)14(15)16/h3-5,10-11H,6-9H2,1-2H3,(H3,15,16). The average Bonchev–Trinajstić information content (AvgIpc) is 2.33. The Morgan fingerprint density at radius 1 is 1.28 bits per heavy atom. The number of rotatable bonds is 8. The van der Waals surface area contributed by atoms with Crippen molar-refractivity contribution in [3.05, 3.63) is 29.8 Å². The van der Waals surface area contributed by atoms with Gasteiger partial charge in [-0.2, -0.15) is 0 Å². The molecule has 0 aliphatic rings. The van der Waals surface area contributed by atoms with E-state index in [1.807, 2.05) is 12.1 Å². The van der Waals surface area contributed by atoms with Crippen molar-refractivity contribution in [1.82, 2.24) is 0 Å². The molecule has 1 rings (SSSR count). The average molecular weight is 250 g/mol. The zero-order valence-electron chi connectivity index (χ0n) is 11.1. The van der Waals surface area contributed by atoms with E-state index in [1.165, 1.54) is 0 Å². The number of nitrogens with two attached hydrogens (primary N) is 1. The lowest BCUT2D eigenvalue weighted by Crippen LogP contribution is -2.12. The summed E-state index contributed by atoms with van der Waals surface area (Å²) in [6.07, 6.45) is 1.07. The molecule has 0 unspecified atom stereocenters. The number of hydrogen-bond acceptors (Lipinski definition) is 3. The zero-order valence-corrected chi connectivity index (χ0v) is 11.1. The van der Waals surface area contributed by atoms with Crippen molar-refractivity contribution in [3.63, 3.8) is 0 Å². The van der Waals surface area contributed by atoms with E-state index in [9.17, 15) is 0 Å². The third-order valence-corrected chi connectivity index (χ3v) is 2.48. The highest BCUT2D eigenvalue weighted by atomic mass is 16.5. The van der Waals surface area contributed by atoms with Gasteiger partial charge in [0, 0.05) is 12.2 Å². The predicted molar refractivity (Wildman–Crippen MR) is 73.2 cm³/mol. The normalized spacial score (nSPS) is 10.6. The molecule has 4 nitrogen and oxygen atoms in total. The number of benzene rings is 1. The Morgan fingerprint density at radius 3 is 2.72 bits per heavy atom. The molecule has 0 aliphatic heterocycles. The maximum absolute atomic E-state index is 7.34. The SMILES string of the molecule is CC(C)CCOCCOc1cccc(C(=N)N)c1. The summed E-state index contributed by atoms with van der Waals surface area (Å²) in [6, 6.07) is 7.22. The maximum Gasteiger partial charge on any atom is 0.122 e. The fourth-order valence-corrected chi connectivity index (χ4v) is 1.39. The van der Waals surface area contributed by atoms with Gasteiger partial charge in [-0.3, -0.25) is 5.41 Å². The number of amidine groups is 1. The number of hydrogen-bond donors (Lipinski definition) is 2. The minimum Gasteiger partial charge on any atom is -0.491 e. The summed E-state index contributed by atoms with van der Waals surface area (Å²) in [4.78, 5) is 0. The van der Waals surface area contributed by atoms with Crippen LogP contribution in [0.25, 0.3) is 0 Å². The van der Waals surface area contributed by atoms with Crippen LogP contribution in [0.4, 0.5) is 0 Å². The highest BCUT2D eigenvalue weighted by Gasteiger charge is 1.99. The van der Waals surface area contributed by atoms with Crippen molar-refractivity contribution < 1.29 is 9.47 Å². The van der Waals surface area contributed by atoms with Gasteiger partial charge in [0.15, 0.2) is 0 Å². The van der Waals surface area contributed by atoms with E-state index < -0.39 is 0 Å². The number of ether oxygens (including phenoxy) is 2. The van der Waals surface area contributed by atoms with E-state index >= 15 is 0 Å². The third-order valence-electron chi connectivity index (χ3n) is 2.48. The van der Waals surface area contributed by atoms with Crippen molar-refractivity contribution >= 4 is 5.84 Å². The summed E-state index contributed by atoms with van der Waals surface area (Å²) in [5, 5.41) is 7.34. The molecule has 0 saturated carbocycles. The van der Waals surface area contributed by atoms with Crippen molar-refractivity contribution in [2.24, 2.45) is 11.7 Å². The summed E-state index contributed by atoms with van der Waals surface area (Å²) in [7, 11) is 0. The van der Waals surface area contributed by atoms with Gasteiger partial charge in [0.2, 0.25) is 0 Å². The molecule has 1 aromatic rings. The van der Waals surface area contributed by atoms with Crippen LogP contribution in [-0.4, -0.2) is 25.7 Å². The molecular formula is C14H22N2O2. The molecule has 0 heterocycles. The lowest BCUT2D eigenvalue weighted by Gasteiger charge is -2.09. The summed E-state index contributed by atoms with van der Waals surface area (Å²) in [6.45, 7) is 6.21. The number of nitrogen functional groups attached to an aromatic ring is 1. The second kappa shape index (κ2) is 7.71. The van der Waals surface area contributed by atoms with Crippen LogP contribution in [-0.2, 0) is 4.74 Å². The summed E-state index contributed by atoms with van der Waals surface area (Å²) in [5.74, 6) is 1.43. The Labute approximate surface area is 109 Å². The van der Waals surface area contributed by atoms with Gasteiger partial charge in [-0.15, -0.1) is 0 Å². The van der Waals surface area contributed by atoms with Gasteiger partial charge in [-0.05, 0) is 24.5 Å². The minimum atomic E-state index is 0.0497. The molecule has 100 valence electrons. The zero-order chi connectivity index (χ0) is 13.4. The smallest absolute Gasteiger partial charge is 0.122 e. The summed E-state index contributed by atoms with van der Waals surface area (Å²) < 4.78 is 11.0. The fourth-order valence-electron chi connectivity index (χ4n) is 1.39. The van der Waals surface area contributed by atoms with E-state index in [4.69, 9.17) is 20.6 Å². The molecule has 0 radical (unpaired) electrons. The van der Waals surface area contributed by atoms with Gasteiger partial charge >= 0.3 is 0 Å². The van der Waals surface area contributed by atoms with Crippen LogP contribution in [0.5, 0.6) is 5.75 Å². The molecule has 4 heteroatoms. The van der Waals surface area contributed by atoms with Crippen molar-refractivity contribution in [2.45, 2.75) is 20.3 Å². The molecule has 0 amide bonds. The van der Waals surface area contributed by atoms with Gasteiger partial charge in [-0.25, -0.2) is 0 Å². The van der Waals surface area contributed by atoms with Crippen molar-refractivity contribution in [2.75, 3.05) is 19.8 Å². The first-order valence-electron chi connectivity index (χ1n) is 6.24. The minimum absolute atomic E-state index is 0.0497. The molecule has 0 aliphatic carbocycles. The molecule has 1 aromatic carbocycles. The Kier molecular flexibility index (Phi) is 6.22. The Bertz CT molecular complexity index is 378. The lowest BCUT2D eigenvalue weighted by molar-refractivity contribution is 0.0926. The fraction of sp³-hybridized carbons (Fsp3) is 0.500. The van der Waals surface area contributed by atoms with Gasteiger partial charge < -0.3 is 15.2 Å². The van der Waals surface area contributed by atoms with Crippen molar-refractivity contribution in [1.29, 1.82) is 5.41 Å². The second-order valence-corrected chi connectivity index (χ2v) is 4.58. The topological polar surface area (TPSA) is 68.3 Å². The monoisotopic (exact) mass is 250 g/mol. The molecular weight excluding hydrogens is 228 g/mol. The van der Waals surface area contributed by atoms with Crippen LogP contribution in [0.3, 0.4) is 0 Å². The molecule has 0 aromatic heterocycles. The van der Waals surface area contributed by atoms with E-state index in [2.05, 4.69) is 13.8 Å². The first kappa shape index (κ1) is 14.5. The highest BCUT2D eigenvalue weighted by Crippen LogP contribution is 2.12. The number of nitrogens with one attached hydrogen (secondary N) is 1. The molecule has 3 N–H and O–H groups in total. The molecule has 0 bridgehead atoms. The Morgan fingerprint density at radius 2 is 2.06 bits per heavy atom. The van der Waals surface area contributed by atoms with Gasteiger partial charge in [0.1, 0.15) is 18.2 Å². The summed E-state index contributed by atoms with van der Waals surface area (Å²) >= 11 is 0. The van der Waals surface area contributed by atoms with E-state index in [-0.39, 0.29) is 5.84 Å². The highest BCUT2D eigenvalue weighted by molar-refractivity contribution is 5.95. The molecule has 0 saturated heterocycles. The van der Waals surface area contributed by atoms with E-state index in [0.717, 1.165) is 18.8 Å². The molecule has 0 fully saturated rings. The van der Waals surface area contributed by atoms with Crippen LogP contribution in [0.15, 0.2) is 24.3 Å². The molecule has 0 spiro atoms. The lowest BCUT2D eigenvalue weighted by atomic mass is 10.1. The van der Waals surface area contributed by atoms with E-state index in [1.54, 1.807) is 12.1 Å². The first-order valence-corrected chi connectivity index (χ1v) is 6.24. The van der Waals surface area contributed by atoms with E-state index in [0.29, 0.717) is 24.7 Å².